The van der Waals surface area contributed by atoms with E-state index in [0.717, 1.165) is 18.4 Å². The summed E-state index contributed by atoms with van der Waals surface area (Å²) in [5, 5.41) is 9.50. The van der Waals surface area contributed by atoms with Crippen LogP contribution < -0.4 is 10.6 Å². The quantitative estimate of drug-likeness (QED) is 0.866. The van der Waals surface area contributed by atoms with Crippen LogP contribution in [0.2, 0.25) is 0 Å². The number of aromatic nitrogens is 2. The molecule has 0 bridgehead atoms. The lowest BCUT2D eigenvalue weighted by Gasteiger charge is -2.14. The van der Waals surface area contributed by atoms with Gasteiger partial charge >= 0.3 is 0 Å². The predicted octanol–water partition coefficient (Wildman–Crippen LogP) is 1.45. The molecule has 2 N–H and O–H groups in total. The maximum absolute atomic E-state index is 12.0. The summed E-state index contributed by atoms with van der Waals surface area (Å²) in [7, 11) is 0. The van der Waals surface area contributed by atoms with Gasteiger partial charge in [-0.3, -0.25) is 9.59 Å². The van der Waals surface area contributed by atoms with E-state index in [4.69, 9.17) is 4.52 Å². The van der Waals surface area contributed by atoms with Crippen molar-refractivity contribution in [2.24, 2.45) is 0 Å². The fourth-order valence-corrected chi connectivity index (χ4v) is 2.62. The summed E-state index contributed by atoms with van der Waals surface area (Å²) in [6, 6.07) is 9.06. The third kappa shape index (κ3) is 4.18. The van der Waals surface area contributed by atoms with Gasteiger partial charge in [0.2, 0.25) is 23.5 Å². The first-order chi connectivity index (χ1) is 11.7. The van der Waals surface area contributed by atoms with Crippen molar-refractivity contribution in [2.75, 3.05) is 6.54 Å². The Balaban J connectivity index is 1.51. The van der Waals surface area contributed by atoms with Gasteiger partial charge in [0.05, 0.1) is 0 Å². The number of nitrogens with one attached hydrogen (secondary N) is 2. The highest BCUT2D eigenvalue weighted by molar-refractivity contribution is 5.87. The van der Waals surface area contributed by atoms with Gasteiger partial charge in [-0.05, 0) is 19.3 Å². The van der Waals surface area contributed by atoms with Crippen LogP contribution >= 0.6 is 0 Å². The van der Waals surface area contributed by atoms with E-state index in [0.29, 0.717) is 31.1 Å². The normalized spacial score (nSPS) is 17.8. The lowest BCUT2D eigenvalue weighted by molar-refractivity contribution is -0.128. The lowest BCUT2D eigenvalue weighted by Crippen LogP contribution is -2.45. The smallest absolute Gasteiger partial charge is 0.242 e. The Morgan fingerprint density at radius 1 is 1.29 bits per heavy atom. The highest BCUT2D eigenvalue weighted by atomic mass is 16.5. The van der Waals surface area contributed by atoms with Crippen LogP contribution in [0.3, 0.4) is 0 Å². The Hall–Kier alpha value is -2.70. The molecule has 1 atom stereocenters. The number of carbonyl (C=O) groups excluding carboxylic acids is 2. The van der Waals surface area contributed by atoms with E-state index in [2.05, 4.69) is 20.8 Å². The minimum Gasteiger partial charge on any atom is -0.354 e. The molecule has 126 valence electrons. The van der Waals surface area contributed by atoms with Crippen LogP contribution in [0.1, 0.15) is 31.6 Å². The number of aryl methyl sites for hydroxylation is 1. The first-order valence-corrected chi connectivity index (χ1v) is 8.17. The summed E-state index contributed by atoms with van der Waals surface area (Å²) in [6.07, 6.45) is 3.10. The molecule has 1 aromatic heterocycles. The van der Waals surface area contributed by atoms with E-state index in [-0.39, 0.29) is 18.2 Å². The molecule has 1 fully saturated rings. The number of carbonyl (C=O) groups is 2. The highest BCUT2D eigenvalue weighted by Crippen LogP contribution is 2.15. The minimum absolute atomic E-state index is 0.106. The highest BCUT2D eigenvalue weighted by Gasteiger charge is 2.22. The SMILES string of the molecule is O=C(CCc1nc(-c2ccccc2)no1)N[C@H]1CCCCNC1=O. The van der Waals surface area contributed by atoms with Gasteiger partial charge in [-0.15, -0.1) is 0 Å². The largest absolute Gasteiger partial charge is 0.354 e. The van der Waals surface area contributed by atoms with E-state index >= 15 is 0 Å². The van der Waals surface area contributed by atoms with Gasteiger partial charge in [-0.2, -0.15) is 4.98 Å². The molecule has 2 aromatic rings. The van der Waals surface area contributed by atoms with Crippen molar-refractivity contribution in [3.05, 3.63) is 36.2 Å². The van der Waals surface area contributed by atoms with Gasteiger partial charge in [-0.1, -0.05) is 35.5 Å². The molecule has 7 heteroatoms. The number of nitrogens with zero attached hydrogens (tertiary/aromatic N) is 2. The molecule has 0 aliphatic carbocycles. The number of hydrogen-bond donors (Lipinski definition) is 2. The van der Waals surface area contributed by atoms with Crippen LogP contribution in [0.15, 0.2) is 34.9 Å². The zero-order valence-corrected chi connectivity index (χ0v) is 13.3. The molecule has 24 heavy (non-hydrogen) atoms. The second-order valence-corrected chi connectivity index (χ2v) is 5.78. The average Bonchev–Trinajstić information content (AvgIpc) is 2.99. The van der Waals surface area contributed by atoms with E-state index < -0.39 is 6.04 Å². The summed E-state index contributed by atoms with van der Waals surface area (Å²) in [5.74, 6) is 0.630. The monoisotopic (exact) mass is 328 g/mol. The van der Waals surface area contributed by atoms with E-state index in [1.54, 1.807) is 0 Å². The molecular formula is C17H20N4O3. The number of amides is 2. The fraction of sp³-hybridized carbons (Fsp3) is 0.412. The Kier molecular flexibility index (Phi) is 5.20. The van der Waals surface area contributed by atoms with Crippen LogP contribution in [0.25, 0.3) is 11.4 Å². The Morgan fingerprint density at radius 3 is 2.96 bits per heavy atom. The minimum atomic E-state index is -0.442. The van der Waals surface area contributed by atoms with E-state index in [1.165, 1.54) is 0 Å². The Morgan fingerprint density at radius 2 is 2.12 bits per heavy atom. The summed E-state index contributed by atoms with van der Waals surface area (Å²) in [4.78, 5) is 28.1. The lowest BCUT2D eigenvalue weighted by atomic mass is 10.1. The van der Waals surface area contributed by atoms with Crippen LogP contribution in [-0.4, -0.2) is 34.5 Å². The molecule has 0 radical (unpaired) electrons. The number of rotatable bonds is 5. The van der Waals surface area contributed by atoms with Gasteiger partial charge in [0.1, 0.15) is 6.04 Å². The third-order valence-electron chi connectivity index (χ3n) is 3.94. The van der Waals surface area contributed by atoms with Crippen LogP contribution in [0, 0.1) is 0 Å². The molecule has 0 unspecified atom stereocenters. The van der Waals surface area contributed by atoms with Crippen LogP contribution in [-0.2, 0) is 16.0 Å². The van der Waals surface area contributed by atoms with Crippen LogP contribution in [0.4, 0.5) is 0 Å². The second kappa shape index (κ2) is 7.72. The van der Waals surface area contributed by atoms with Gasteiger partial charge < -0.3 is 15.2 Å². The molecule has 1 aliphatic rings. The molecule has 0 spiro atoms. The summed E-state index contributed by atoms with van der Waals surface area (Å²) >= 11 is 0. The maximum Gasteiger partial charge on any atom is 0.242 e. The van der Waals surface area contributed by atoms with Crippen molar-refractivity contribution in [1.29, 1.82) is 0 Å². The summed E-state index contributed by atoms with van der Waals surface area (Å²) in [6.45, 7) is 0.676. The molecule has 1 aromatic carbocycles. The summed E-state index contributed by atoms with van der Waals surface area (Å²) < 4.78 is 5.18. The zero-order valence-electron chi connectivity index (χ0n) is 13.3. The maximum atomic E-state index is 12.0. The van der Waals surface area contributed by atoms with Gasteiger partial charge in [0, 0.05) is 24.9 Å². The van der Waals surface area contributed by atoms with Gasteiger partial charge in [0.25, 0.3) is 0 Å². The van der Waals surface area contributed by atoms with Crippen LogP contribution in [0.5, 0.6) is 0 Å². The van der Waals surface area contributed by atoms with Crippen molar-refractivity contribution >= 4 is 11.8 Å². The van der Waals surface area contributed by atoms with E-state index in [9.17, 15) is 9.59 Å². The van der Waals surface area contributed by atoms with Gasteiger partial charge in [0.15, 0.2) is 0 Å². The topological polar surface area (TPSA) is 97.1 Å². The van der Waals surface area contributed by atoms with Crippen molar-refractivity contribution in [3.63, 3.8) is 0 Å². The molecular weight excluding hydrogens is 308 g/mol. The molecule has 1 saturated heterocycles. The van der Waals surface area contributed by atoms with Gasteiger partial charge in [-0.25, -0.2) is 0 Å². The summed E-state index contributed by atoms with van der Waals surface area (Å²) in [5.41, 5.74) is 0.868. The van der Waals surface area contributed by atoms with Crippen molar-refractivity contribution in [3.8, 4) is 11.4 Å². The first kappa shape index (κ1) is 16.2. The number of hydrogen-bond acceptors (Lipinski definition) is 5. The molecule has 2 amide bonds. The van der Waals surface area contributed by atoms with Crippen molar-refractivity contribution in [2.45, 2.75) is 38.1 Å². The molecule has 0 saturated carbocycles. The first-order valence-electron chi connectivity index (χ1n) is 8.17. The number of benzene rings is 1. The molecule has 2 heterocycles. The van der Waals surface area contributed by atoms with Crippen molar-refractivity contribution < 1.29 is 14.1 Å². The molecule has 3 rings (SSSR count). The zero-order chi connectivity index (χ0) is 16.8. The molecule has 1 aliphatic heterocycles. The Bertz CT molecular complexity index is 699. The second-order valence-electron chi connectivity index (χ2n) is 5.78. The van der Waals surface area contributed by atoms with Crippen molar-refractivity contribution in [1.82, 2.24) is 20.8 Å². The average molecular weight is 328 g/mol. The standard InChI is InChI=1S/C17H20N4O3/c22-14(19-13-8-4-5-11-18-17(13)23)9-10-15-20-16(21-24-15)12-6-2-1-3-7-12/h1-3,6-7,13H,4-5,8-11H2,(H,18,23)(H,19,22)/t13-/m0/s1. The van der Waals surface area contributed by atoms with E-state index in [1.807, 2.05) is 30.3 Å². The fourth-order valence-electron chi connectivity index (χ4n) is 2.62. The Labute approximate surface area is 139 Å². The molecule has 7 nitrogen and oxygen atoms in total. The third-order valence-corrected chi connectivity index (χ3v) is 3.94. The predicted molar refractivity (Wildman–Crippen MR) is 86.8 cm³/mol.